The van der Waals surface area contributed by atoms with Crippen molar-refractivity contribution in [1.29, 1.82) is 0 Å². The van der Waals surface area contributed by atoms with Crippen LogP contribution in [0.1, 0.15) is 59.1 Å². The van der Waals surface area contributed by atoms with Crippen molar-refractivity contribution in [1.82, 2.24) is 26.3 Å². The molecule has 0 aliphatic rings. The fourth-order valence-electron chi connectivity index (χ4n) is 5.67. The molecule has 3 amide bonds. The van der Waals surface area contributed by atoms with Gasteiger partial charge in [-0.15, -0.1) is 0 Å². The first-order chi connectivity index (χ1) is 23.6. The highest BCUT2D eigenvalue weighted by Gasteiger charge is 2.35. The van der Waals surface area contributed by atoms with Gasteiger partial charge in [0, 0.05) is 36.4 Å². The van der Waals surface area contributed by atoms with Crippen LogP contribution in [0.3, 0.4) is 0 Å². The SMILES string of the molecule is COC(=O)N[C@H](C(=O)N[C@@H](Cc1ccccc1)C[C@H](O)[C@H](Cc1ccc(-c2ccccn2)cc1)NC[C@@H](NC(=O)OC)C(C)(C)C)C(C)(C)C. The highest BCUT2D eigenvalue weighted by Crippen LogP contribution is 2.23. The van der Waals surface area contributed by atoms with E-state index in [1.807, 2.05) is 114 Å². The van der Waals surface area contributed by atoms with E-state index in [9.17, 15) is 19.5 Å². The van der Waals surface area contributed by atoms with Gasteiger partial charge in [-0.05, 0) is 53.4 Å². The number of aromatic nitrogens is 1. The molecule has 11 heteroatoms. The quantitative estimate of drug-likeness (QED) is 0.145. The second-order valence-electron chi connectivity index (χ2n) is 14.8. The summed E-state index contributed by atoms with van der Waals surface area (Å²) in [6.45, 7) is 12.0. The van der Waals surface area contributed by atoms with Gasteiger partial charge in [-0.25, -0.2) is 9.59 Å². The van der Waals surface area contributed by atoms with Crippen LogP contribution in [0, 0.1) is 10.8 Å². The summed E-state index contributed by atoms with van der Waals surface area (Å²) >= 11 is 0. The number of ether oxygens (including phenoxy) is 2. The molecule has 5 N–H and O–H groups in total. The molecule has 3 aromatic rings. The lowest BCUT2D eigenvalue weighted by atomic mass is 9.85. The van der Waals surface area contributed by atoms with Crippen molar-refractivity contribution >= 4 is 18.1 Å². The van der Waals surface area contributed by atoms with Gasteiger partial charge in [0.1, 0.15) is 6.04 Å². The first-order valence-corrected chi connectivity index (χ1v) is 17.1. The van der Waals surface area contributed by atoms with Crippen LogP contribution in [0.15, 0.2) is 79.0 Å². The van der Waals surface area contributed by atoms with Crippen LogP contribution in [0.4, 0.5) is 9.59 Å². The van der Waals surface area contributed by atoms with Gasteiger partial charge in [0.2, 0.25) is 5.91 Å². The van der Waals surface area contributed by atoms with E-state index in [0.717, 1.165) is 22.4 Å². The maximum atomic E-state index is 13.8. The lowest BCUT2D eigenvalue weighted by molar-refractivity contribution is -0.126. The van der Waals surface area contributed by atoms with Gasteiger partial charge < -0.3 is 35.8 Å². The molecular weight excluding hydrogens is 634 g/mol. The number of carbonyl (C=O) groups excluding carboxylic acids is 3. The van der Waals surface area contributed by atoms with E-state index >= 15 is 0 Å². The van der Waals surface area contributed by atoms with Crippen molar-refractivity contribution in [3.63, 3.8) is 0 Å². The fraction of sp³-hybridized carbons (Fsp3) is 0.487. The predicted octanol–water partition coefficient (Wildman–Crippen LogP) is 5.27. The molecule has 1 aromatic heterocycles. The minimum absolute atomic E-state index is 0.212. The first kappa shape index (κ1) is 40.0. The van der Waals surface area contributed by atoms with Crippen molar-refractivity contribution in [2.45, 2.75) is 91.1 Å². The lowest BCUT2D eigenvalue weighted by Crippen LogP contribution is -2.57. The first-order valence-electron chi connectivity index (χ1n) is 17.1. The minimum atomic E-state index is -0.917. The standard InChI is InChI=1S/C39H55N5O6/c1-38(2,3)33(43-36(47)49-7)25-41-31(23-27-17-19-28(20-18-27)30-16-12-13-21-40-30)32(45)24-29(22-26-14-10-9-11-15-26)42-35(46)34(39(4,5)6)44-37(48)50-8/h9-21,29,31-34,41,45H,22-25H2,1-8H3,(H,42,46)(H,43,47)(H,44,48)/t29-,31-,32-,33+,34+/m0/s1. The zero-order chi connectivity index (χ0) is 36.9. The zero-order valence-corrected chi connectivity index (χ0v) is 30.7. The summed E-state index contributed by atoms with van der Waals surface area (Å²) < 4.78 is 9.68. The number of alkyl carbamates (subject to hydrolysis) is 2. The summed E-state index contributed by atoms with van der Waals surface area (Å²) in [5.74, 6) is -0.374. The van der Waals surface area contributed by atoms with Crippen molar-refractivity contribution in [3.05, 3.63) is 90.1 Å². The second-order valence-corrected chi connectivity index (χ2v) is 14.8. The average Bonchev–Trinajstić information content (AvgIpc) is 3.08. The Bertz CT molecular complexity index is 1490. The molecule has 0 spiro atoms. The molecule has 1 heterocycles. The van der Waals surface area contributed by atoms with Crippen molar-refractivity contribution in [3.8, 4) is 11.3 Å². The summed E-state index contributed by atoms with van der Waals surface area (Å²) in [4.78, 5) is 42.6. The highest BCUT2D eigenvalue weighted by atomic mass is 16.5. The molecule has 0 aliphatic carbocycles. The third-order valence-corrected chi connectivity index (χ3v) is 8.71. The molecule has 0 unspecified atom stereocenters. The summed E-state index contributed by atoms with van der Waals surface area (Å²) in [7, 11) is 2.58. The molecule has 0 aliphatic heterocycles. The van der Waals surface area contributed by atoms with Gasteiger partial charge in [-0.1, -0.05) is 102 Å². The molecule has 0 radical (unpaired) electrons. The number of benzene rings is 2. The van der Waals surface area contributed by atoms with E-state index in [1.165, 1.54) is 14.2 Å². The maximum absolute atomic E-state index is 13.8. The third-order valence-electron chi connectivity index (χ3n) is 8.71. The third kappa shape index (κ3) is 12.8. The van der Waals surface area contributed by atoms with Crippen molar-refractivity contribution in [2.24, 2.45) is 10.8 Å². The molecule has 0 fully saturated rings. The van der Waals surface area contributed by atoms with Crippen LogP contribution in [-0.4, -0.2) is 79.2 Å². The molecule has 11 nitrogen and oxygen atoms in total. The Labute approximate surface area is 296 Å². The number of aliphatic hydroxyl groups excluding tert-OH is 1. The normalized spacial score (nSPS) is 14.7. The van der Waals surface area contributed by atoms with E-state index in [-0.39, 0.29) is 23.8 Å². The fourth-order valence-corrected chi connectivity index (χ4v) is 5.67. The van der Waals surface area contributed by atoms with Gasteiger partial charge >= 0.3 is 12.2 Å². The van der Waals surface area contributed by atoms with Crippen LogP contribution in [0.5, 0.6) is 0 Å². The summed E-state index contributed by atoms with van der Waals surface area (Å²) in [6, 6.07) is 21.5. The number of nitrogens with one attached hydrogen (secondary N) is 4. The second kappa shape index (κ2) is 18.5. The van der Waals surface area contributed by atoms with Gasteiger partial charge in [0.05, 0.1) is 26.0 Å². The van der Waals surface area contributed by atoms with E-state index in [0.29, 0.717) is 19.4 Å². The van der Waals surface area contributed by atoms with Crippen molar-refractivity contribution in [2.75, 3.05) is 20.8 Å². The molecule has 272 valence electrons. The van der Waals surface area contributed by atoms with Crippen LogP contribution in [0.25, 0.3) is 11.3 Å². The van der Waals surface area contributed by atoms with Gasteiger partial charge in [-0.2, -0.15) is 0 Å². The number of carbonyl (C=O) groups is 3. The number of aliphatic hydroxyl groups is 1. The van der Waals surface area contributed by atoms with Crippen LogP contribution >= 0.6 is 0 Å². The molecule has 50 heavy (non-hydrogen) atoms. The number of nitrogens with zero attached hydrogens (tertiary/aromatic N) is 1. The maximum Gasteiger partial charge on any atom is 0.407 e. The van der Waals surface area contributed by atoms with Gasteiger partial charge in [-0.3, -0.25) is 9.78 Å². The number of hydrogen-bond donors (Lipinski definition) is 5. The molecule has 5 atom stereocenters. The van der Waals surface area contributed by atoms with E-state index in [4.69, 9.17) is 9.47 Å². The van der Waals surface area contributed by atoms with Crippen LogP contribution < -0.4 is 21.3 Å². The largest absolute Gasteiger partial charge is 0.453 e. The number of pyridine rings is 1. The van der Waals surface area contributed by atoms with E-state index in [2.05, 4.69) is 26.3 Å². The minimum Gasteiger partial charge on any atom is -0.453 e. The Hall–Kier alpha value is -4.48. The predicted molar refractivity (Wildman–Crippen MR) is 195 cm³/mol. The molecule has 0 saturated carbocycles. The highest BCUT2D eigenvalue weighted by molar-refractivity contribution is 5.86. The van der Waals surface area contributed by atoms with E-state index < -0.39 is 41.8 Å². The molecule has 0 saturated heterocycles. The average molecular weight is 690 g/mol. The number of hydrogen-bond acceptors (Lipinski definition) is 8. The number of methoxy groups -OCH3 is 2. The zero-order valence-electron chi connectivity index (χ0n) is 30.7. The summed E-state index contributed by atoms with van der Waals surface area (Å²) in [6.07, 6.45) is 0.746. The Morgan fingerprint density at radius 1 is 0.740 bits per heavy atom. The van der Waals surface area contributed by atoms with Gasteiger partial charge in [0.25, 0.3) is 0 Å². The summed E-state index contributed by atoms with van der Waals surface area (Å²) in [5, 5.41) is 24.2. The molecule has 2 aromatic carbocycles. The van der Waals surface area contributed by atoms with Crippen molar-refractivity contribution < 1.29 is 29.0 Å². The number of amides is 3. The van der Waals surface area contributed by atoms with Crippen LogP contribution in [-0.2, 0) is 27.1 Å². The van der Waals surface area contributed by atoms with Gasteiger partial charge in [0.15, 0.2) is 0 Å². The van der Waals surface area contributed by atoms with Crippen LogP contribution in [0.2, 0.25) is 0 Å². The number of rotatable bonds is 15. The smallest absolute Gasteiger partial charge is 0.407 e. The summed E-state index contributed by atoms with van der Waals surface area (Å²) in [5.41, 5.74) is 2.89. The monoisotopic (exact) mass is 689 g/mol. The molecule has 0 bridgehead atoms. The topological polar surface area (TPSA) is 151 Å². The Morgan fingerprint density at radius 2 is 1.34 bits per heavy atom. The molecule has 3 rings (SSSR count). The molecular formula is C39H55N5O6. The van der Waals surface area contributed by atoms with E-state index in [1.54, 1.807) is 6.20 Å². The Morgan fingerprint density at radius 3 is 1.90 bits per heavy atom. The Kier molecular flexibility index (Phi) is 14.8. The lowest BCUT2D eigenvalue weighted by Gasteiger charge is -2.35. The Balaban J connectivity index is 1.91.